The van der Waals surface area contributed by atoms with Gasteiger partial charge in [-0.15, -0.1) is 13.2 Å². The van der Waals surface area contributed by atoms with Gasteiger partial charge in [-0.1, -0.05) is 18.2 Å². The lowest BCUT2D eigenvalue weighted by Crippen LogP contribution is -2.17. The number of hydrogen-bond donors (Lipinski definition) is 1. The van der Waals surface area contributed by atoms with E-state index in [1.165, 1.54) is 43.5 Å². The number of benzene rings is 2. The minimum atomic E-state index is -4.87. The molecule has 0 heterocycles. The third kappa shape index (κ3) is 3.49. The summed E-state index contributed by atoms with van der Waals surface area (Å²) in [5, 5.41) is 9.88. The van der Waals surface area contributed by atoms with Crippen LogP contribution >= 0.6 is 0 Å². The highest BCUT2D eigenvalue weighted by molar-refractivity contribution is 5.92. The molecule has 0 saturated heterocycles. The highest BCUT2D eigenvalue weighted by Gasteiger charge is 2.32. The third-order valence-electron chi connectivity index (χ3n) is 2.82. The quantitative estimate of drug-likeness (QED) is 0.877. The summed E-state index contributed by atoms with van der Waals surface area (Å²) in [5.74, 6) is -1.44. The number of carbonyl (C=O) groups is 1. The van der Waals surface area contributed by atoms with Gasteiger partial charge in [-0.3, -0.25) is 0 Å². The van der Waals surface area contributed by atoms with Gasteiger partial charge < -0.3 is 14.6 Å². The summed E-state index contributed by atoms with van der Waals surface area (Å²) in [7, 11) is 1.18. The molecule has 0 aliphatic carbocycles. The second-order valence-corrected chi connectivity index (χ2v) is 4.27. The highest BCUT2D eigenvalue weighted by Crippen LogP contribution is 2.38. The summed E-state index contributed by atoms with van der Waals surface area (Å²) in [6.45, 7) is 0. The third-order valence-corrected chi connectivity index (χ3v) is 2.82. The number of para-hydroxylation sites is 1. The van der Waals surface area contributed by atoms with Crippen molar-refractivity contribution in [1.29, 1.82) is 0 Å². The molecule has 0 radical (unpaired) electrons. The number of halogens is 3. The Hall–Kier alpha value is -2.70. The second-order valence-electron chi connectivity index (χ2n) is 4.27. The summed E-state index contributed by atoms with van der Waals surface area (Å²) in [6, 6.07) is 9.06. The van der Waals surface area contributed by atoms with Crippen molar-refractivity contribution in [2.24, 2.45) is 0 Å². The van der Waals surface area contributed by atoms with E-state index in [0.717, 1.165) is 6.07 Å². The smallest absolute Gasteiger partial charge is 0.507 e. The minimum Gasteiger partial charge on any atom is -0.507 e. The van der Waals surface area contributed by atoms with Crippen LogP contribution in [0.5, 0.6) is 11.5 Å². The zero-order valence-electron chi connectivity index (χ0n) is 11.3. The number of esters is 1. The average molecular weight is 312 g/mol. The van der Waals surface area contributed by atoms with Crippen LogP contribution in [0, 0.1) is 0 Å². The van der Waals surface area contributed by atoms with E-state index in [2.05, 4.69) is 9.47 Å². The van der Waals surface area contributed by atoms with Gasteiger partial charge in [-0.2, -0.15) is 0 Å². The molecule has 2 rings (SSSR count). The van der Waals surface area contributed by atoms with Gasteiger partial charge in [0, 0.05) is 11.1 Å². The Kier molecular flexibility index (Phi) is 4.25. The number of rotatable bonds is 3. The molecule has 0 unspecified atom stereocenters. The van der Waals surface area contributed by atoms with E-state index in [4.69, 9.17) is 0 Å². The molecular weight excluding hydrogens is 301 g/mol. The molecule has 2 aromatic rings. The lowest BCUT2D eigenvalue weighted by Gasteiger charge is -2.14. The normalized spacial score (nSPS) is 11.1. The van der Waals surface area contributed by atoms with E-state index in [1.54, 1.807) is 0 Å². The first-order valence-corrected chi connectivity index (χ1v) is 6.08. The van der Waals surface area contributed by atoms with Crippen molar-refractivity contribution < 1.29 is 32.5 Å². The average Bonchev–Trinajstić information content (AvgIpc) is 2.46. The monoisotopic (exact) mass is 312 g/mol. The van der Waals surface area contributed by atoms with E-state index >= 15 is 0 Å². The van der Waals surface area contributed by atoms with Gasteiger partial charge in [0.15, 0.2) is 0 Å². The molecule has 0 atom stereocenters. The largest absolute Gasteiger partial charge is 0.573 e. The number of aromatic hydroxyl groups is 1. The van der Waals surface area contributed by atoms with Gasteiger partial charge in [0.2, 0.25) is 0 Å². The molecule has 0 aromatic heterocycles. The van der Waals surface area contributed by atoms with Crippen molar-refractivity contribution >= 4 is 5.97 Å². The fourth-order valence-electron chi connectivity index (χ4n) is 1.90. The van der Waals surface area contributed by atoms with E-state index in [-0.39, 0.29) is 22.4 Å². The van der Waals surface area contributed by atoms with Crippen LogP contribution in [0.25, 0.3) is 11.1 Å². The Morgan fingerprint density at radius 3 is 2.41 bits per heavy atom. The fraction of sp³-hybridized carbons (Fsp3) is 0.133. The van der Waals surface area contributed by atoms with Crippen molar-refractivity contribution in [3.63, 3.8) is 0 Å². The van der Waals surface area contributed by atoms with Gasteiger partial charge >= 0.3 is 12.3 Å². The predicted molar refractivity (Wildman–Crippen MR) is 71.6 cm³/mol. The van der Waals surface area contributed by atoms with Crippen LogP contribution in [0.15, 0.2) is 42.5 Å². The Bertz CT molecular complexity index is 695. The maximum Gasteiger partial charge on any atom is 0.573 e. The molecule has 0 saturated carbocycles. The molecule has 0 spiro atoms. The van der Waals surface area contributed by atoms with E-state index < -0.39 is 18.1 Å². The van der Waals surface area contributed by atoms with Crippen LogP contribution in [-0.4, -0.2) is 24.5 Å². The number of hydrogen-bond acceptors (Lipinski definition) is 4. The lowest BCUT2D eigenvalue weighted by molar-refractivity contribution is -0.274. The SMILES string of the molecule is COC(=O)c1ccc(O)c(-c2ccccc2OC(F)(F)F)c1. The van der Waals surface area contributed by atoms with Crippen molar-refractivity contribution in [3.8, 4) is 22.6 Å². The van der Waals surface area contributed by atoms with Gasteiger partial charge in [-0.25, -0.2) is 4.79 Å². The maximum absolute atomic E-state index is 12.4. The summed E-state index contributed by atoms with van der Waals surface area (Å²) in [4.78, 5) is 11.5. The van der Waals surface area contributed by atoms with Crippen LogP contribution < -0.4 is 4.74 Å². The standard InChI is InChI=1S/C15H11F3O4/c1-21-14(20)9-6-7-12(19)11(8-9)10-4-2-3-5-13(10)22-15(16,17)18/h2-8,19H,1H3. The molecule has 4 nitrogen and oxygen atoms in total. The minimum absolute atomic E-state index is 0.00285. The number of phenolic OH excluding ortho intramolecular Hbond substituents is 1. The molecule has 7 heteroatoms. The van der Waals surface area contributed by atoms with E-state index in [0.29, 0.717) is 0 Å². The Morgan fingerprint density at radius 2 is 1.77 bits per heavy atom. The van der Waals surface area contributed by atoms with Gasteiger partial charge in [-0.05, 0) is 24.3 Å². The van der Waals surface area contributed by atoms with Crippen LogP contribution in [-0.2, 0) is 4.74 Å². The second kappa shape index (κ2) is 5.97. The van der Waals surface area contributed by atoms with Gasteiger partial charge in [0.05, 0.1) is 12.7 Å². The zero-order valence-corrected chi connectivity index (χ0v) is 11.3. The molecule has 22 heavy (non-hydrogen) atoms. The summed E-state index contributed by atoms with van der Waals surface area (Å²) in [5.41, 5.74) is 0.128. The molecular formula is C15H11F3O4. The molecule has 0 fully saturated rings. The summed E-state index contributed by atoms with van der Waals surface area (Å²) in [6.07, 6.45) is -4.87. The van der Waals surface area contributed by atoms with Crippen LogP contribution in [0.4, 0.5) is 13.2 Å². The maximum atomic E-state index is 12.4. The Morgan fingerprint density at radius 1 is 1.09 bits per heavy atom. The summed E-state index contributed by atoms with van der Waals surface area (Å²) < 4.78 is 45.8. The molecule has 2 aromatic carbocycles. The topological polar surface area (TPSA) is 55.8 Å². The predicted octanol–water partition coefficient (Wildman–Crippen LogP) is 3.74. The number of alkyl halides is 3. The van der Waals surface area contributed by atoms with Crippen molar-refractivity contribution in [2.45, 2.75) is 6.36 Å². The highest BCUT2D eigenvalue weighted by atomic mass is 19.4. The molecule has 1 N–H and O–H groups in total. The van der Waals surface area contributed by atoms with Gasteiger partial charge in [0.1, 0.15) is 11.5 Å². The zero-order chi connectivity index (χ0) is 16.3. The first-order chi connectivity index (χ1) is 10.3. The molecule has 116 valence electrons. The molecule has 0 aliphatic heterocycles. The number of methoxy groups -OCH3 is 1. The van der Waals surface area contributed by atoms with Crippen LogP contribution in [0.3, 0.4) is 0 Å². The summed E-state index contributed by atoms with van der Waals surface area (Å²) >= 11 is 0. The van der Waals surface area contributed by atoms with E-state index in [9.17, 15) is 23.1 Å². The van der Waals surface area contributed by atoms with Crippen molar-refractivity contribution in [2.75, 3.05) is 7.11 Å². The van der Waals surface area contributed by atoms with Gasteiger partial charge in [0.25, 0.3) is 0 Å². The van der Waals surface area contributed by atoms with Crippen LogP contribution in [0.1, 0.15) is 10.4 Å². The van der Waals surface area contributed by atoms with Crippen LogP contribution in [0.2, 0.25) is 0 Å². The molecule has 0 aliphatic rings. The first-order valence-electron chi connectivity index (χ1n) is 6.08. The molecule has 0 bridgehead atoms. The number of phenols is 1. The van der Waals surface area contributed by atoms with Crippen molar-refractivity contribution in [1.82, 2.24) is 0 Å². The first kappa shape index (κ1) is 15.7. The Balaban J connectivity index is 2.54. The number of ether oxygens (including phenoxy) is 2. The molecule has 0 amide bonds. The Labute approximate surface area is 123 Å². The van der Waals surface area contributed by atoms with Crippen molar-refractivity contribution in [3.05, 3.63) is 48.0 Å². The fourth-order valence-corrected chi connectivity index (χ4v) is 1.90. The van der Waals surface area contributed by atoms with E-state index in [1.807, 2.05) is 0 Å². The lowest BCUT2D eigenvalue weighted by atomic mass is 10.0. The number of carbonyl (C=O) groups excluding carboxylic acids is 1.